The van der Waals surface area contributed by atoms with Crippen molar-refractivity contribution in [2.45, 2.75) is 140 Å². The summed E-state index contributed by atoms with van der Waals surface area (Å²) in [5.74, 6) is -2.91. The van der Waals surface area contributed by atoms with Crippen LogP contribution in [0.5, 0.6) is 5.75 Å². The van der Waals surface area contributed by atoms with Crippen molar-refractivity contribution >= 4 is 63.9 Å². The number of fused-ring (bicyclic) bond motifs is 6. The molecule has 2 fully saturated rings. The van der Waals surface area contributed by atoms with Gasteiger partial charge in [-0.1, -0.05) is 66.9 Å². The number of aryl methyl sites for hydroxylation is 1. The van der Waals surface area contributed by atoms with E-state index in [1.54, 1.807) is 38.1 Å². The number of carbonyl (C=O) groups excluding carboxylic acids is 6. The third-order valence-electron chi connectivity index (χ3n) is 14.7. The molecule has 3 aromatic rings. The summed E-state index contributed by atoms with van der Waals surface area (Å²) >= 11 is 6.79. The molecule has 416 valence electrons. The van der Waals surface area contributed by atoms with E-state index < -0.39 is 90.6 Å². The largest absolute Gasteiger partial charge is 0.495 e. The Kier molecular flexibility index (Phi) is 20.1. The maximum atomic E-state index is 14.3. The van der Waals surface area contributed by atoms with Crippen LogP contribution >= 0.6 is 11.6 Å². The van der Waals surface area contributed by atoms with E-state index in [4.69, 9.17) is 30.5 Å². The number of amides is 5. The average Bonchev–Trinajstić information content (AvgIpc) is 3.98. The Balaban J connectivity index is 1.04. The van der Waals surface area contributed by atoms with Crippen LogP contribution in [-0.2, 0) is 57.7 Å². The Labute approximate surface area is 448 Å². The molecular weight excluding hydrogens is 1000 g/mol. The van der Waals surface area contributed by atoms with Gasteiger partial charge in [0.15, 0.2) is 5.72 Å². The summed E-state index contributed by atoms with van der Waals surface area (Å²) in [6.07, 6.45) is 0.569. The Morgan fingerprint density at radius 2 is 1.82 bits per heavy atom. The molecule has 4 bridgehead atoms. The fraction of sp³-hybridized carbons (Fsp3) is 0.556. The summed E-state index contributed by atoms with van der Waals surface area (Å²) in [6, 6.07) is 11.2. The zero-order chi connectivity index (χ0) is 55.6. The van der Waals surface area contributed by atoms with Gasteiger partial charge in [-0.05, 0) is 82.3 Å². The van der Waals surface area contributed by atoms with E-state index >= 15 is 0 Å². The van der Waals surface area contributed by atoms with Crippen LogP contribution in [0.1, 0.15) is 83.9 Å². The minimum Gasteiger partial charge on any atom is -0.495 e. The molecule has 22 heteroatoms. The van der Waals surface area contributed by atoms with Gasteiger partial charge in [-0.3, -0.25) is 29.9 Å². The number of hydrogen-bond donors (Lipinski definition) is 7. The molecule has 1 aromatic heterocycles. The summed E-state index contributed by atoms with van der Waals surface area (Å²) in [6.45, 7) is 7.36. The number of methoxy groups -OCH3 is 1. The van der Waals surface area contributed by atoms with Crippen molar-refractivity contribution in [2.24, 2.45) is 5.92 Å². The number of esters is 1. The fourth-order valence-corrected chi connectivity index (χ4v) is 10.0. The van der Waals surface area contributed by atoms with Crippen LogP contribution in [0.3, 0.4) is 0 Å². The Bertz CT molecular complexity index is 2660. The number of ether oxygens (including phenoxy) is 4. The summed E-state index contributed by atoms with van der Waals surface area (Å²) in [7, 11) is 8.21. The second-order valence-electron chi connectivity index (χ2n) is 20.3. The third-order valence-corrected chi connectivity index (χ3v) is 15.1. The smallest absolute Gasteiger partial charge is 0.409 e. The van der Waals surface area contributed by atoms with E-state index in [0.29, 0.717) is 50.2 Å². The number of hydrazine groups is 1. The first-order valence-corrected chi connectivity index (χ1v) is 26.1. The van der Waals surface area contributed by atoms with Crippen LogP contribution in [0.15, 0.2) is 66.3 Å². The summed E-state index contributed by atoms with van der Waals surface area (Å²) in [5, 5.41) is 43.5. The average molecular weight is 1080 g/mol. The van der Waals surface area contributed by atoms with Gasteiger partial charge in [0.1, 0.15) is 46.8 Å². The van der Waals surface area contributed by atoms with E-state index in [2.05, 4.69) is 32.0 Å². The Hall–Kier alpha value is -6.07. The zero-order valence-electron chi connectivity index (χ0n) is 44.9. The first-order valence-electron chi connectivity index (χ1n) is 25.7. The highest BCUT2D eigenvalue weighted by Crippen LogP contribution is 2.49. The number of nitrogens with zero attached hydrogens (tertiary/aromatic N) is 4. The van der Waals surface area contributed by atoms with Crippen LogP contribution < -0.4 is 31.0 Å². The number of halogens is 1. The molecule has 0 aliphatic carbocycles. The van der Waals surface area contributed by atoms with Gasteiger partial charge in [0.25, 0.3) is 0 Å². The predicted octanol–water partition coefficient (Wildman–Crippen LogP) is 3.63. The van der Waals surface area contributed by atoms with E-state index in [1.807, 2.05) is 50.3 Å². The zero-order valence-corrected chi connectivity index (χ0v) is 45.6. The quantitative estimate of drug-likeness (QED) is 0.0391. The molecule has 2 aromatic carbocycles. The number of alkyl carbamates (subject to hydrolysis) is 1. The summed E-state index contributed by atoms with van der Waals surface area (Å²) in [5.41, 5.74) is 3.56. The SMILES string of the molecule is CNN(C)Cc1cc2ccccc2n1CCC(=O)N[C@@H](CO)C(=O)NCCCCCC(=O)N(C)[C@@H](C)C(=O)O[C@H]1CC(=O)N(C)c2cc(cc(OC)c2Cl)C/C(C)=C/C=C/[C@@H](O)[C@@]2(O)C[C@H](OC(=O)N2)[C@@H](C)C2O[C@]21C. The first-order chi connectivity index (χ1) is 36.0. The van der Waals surface area contributed by atoms with Crippen molar-refractivity contribution < 1.29 is 63.0 Å². The Morgan fingerprint density at radius 3 is 2.53 bits per heavy atom. The van der Waals surface area contributed by atoms with Crippen molar-refractivity contribution in [3.8, 4) is 5.75 Å². The van der Waals surface area contributed by atoms with Gasteiger partial charge in [-0.2, -0.15) is 0 Å². The van der Waals surface area contributed by atoms with Gasteiger partial charge in [0.2, 0.25) is 23.6 Å². The number of aliphatic hydroxyl groups excluding tert-OH is 2. The monoisotopic (exact) mass is 1080 g/mol. The lowest BCUT2D eigenvalue weighted by Crippen LogP contribution is -2.63. The molecule has 2 saturated heterocycles. The molecule has 0 saturated carbocycles. The molecule has 21 nitrogen and oxygen atoms in total. The van der Waals surface area contributed by atoms with Gasteiger partial charge in [-0.25, -0.2) is 14.6 Å². The van der Waals surface area contributed by atoms with Crippen LogP contribution in [0.25, 0.3) is 10.9 Å². The number of likely N-dealkylation sites (N-methyl/N-ethyl adjacent to an activating group) is 1. The molecule has 6 rings (SSSR count). The third kappa shape index (κ3) is 14.3. The van der Waals surface area contributed by atoms with E-state index in [1.165, 1.54) is 44.0 Å². The van der Waals surface area contributed by atoms with Crippen LogP contribution in [0.4, 0.5) is 10.5 Å². The second-order valence-corrected chi connectivity index (χ2v) is 20.7. The number of nitrogens with one attached hydrogen (secondary N) is 4. The number of unbranched alkanes of at least 4 members (excludes halogenated alkanes) is 2. The number of rotatable bonds is 19. The Morgan fingerprint density at radius 1 is 1.08 bits per heavy atom. The molecule has 5 amide bonds. The number of aliphatic hydroxyl groups is 3. The number of benzene rings is 2. The number of hydrogen-bond acceptors (Lipinski definition) is 15. The lowest BCUT2D eigenvalue weighted by Gasteiger charge is -2.41. The van der Waals surface area contributed by atoms with E-state index in [9.17, 15) is 44.1 Å². The van der Waals surface area contributed by atoms with E-state index in [-0.39, 0.29) is 42.6 Å². The number of aromatic nitrogens is 1. The molecule has 3 aliphatic rings. The number of allylic oxidation sites excluding steroid dienone is 3. The van der Waals surface area contributed by atoms with E-state index in [0.717, 1.165) is 27.7 Å². The van der Waals surface area contributed by atoms with Gasteiger partial charge in [-0.15, -0.1) is 0 Å². The topological polar surface area (TPSA) is 266 Å². The number of carbonyl (C=O) groups is 6. The molecule has 9 atom stereocenters. The highest BCUT2D eigenvalue weighted by Gasteiger charge is 2.64. The minimum absolute atomic E-state index is 0.0680. The maximum absolute atomic E-state index is 14.3. The molecule has 1 unspecified atom stereocenters. The minimum atomic E-state index is -2.10. The summed E-state index contributed by atoms with van der Waals surface area (Å²) < 4.78 is 25.6. The van der Waals surface area contributed by atoms with Gasteiger partial charge < -0.3 is 59.3 Å². The van der Waals surface area contributed by atoms with Crippen LogP contribution in [-0.4, -0.2) is 162 Å². The predicted molar refractivity (Wildman–Crippen MR) is 284 cm³/mol. The van der Waals surface area contributed by atoms with Crippen molar-refractivity contribution in [2.75, 3.05) is 53.4 Å². The molecule has 0 spiro atoms. The number of epoxide rings is 1. The fourth-order valence-electron chi connectivity index (χ4n) is 9.70. The van der Waals surface area contributed by atoms with Crippen LogP contribution in [0, 0.1) is 5.92 Å². The van der Waals surface area contributed by atoms with Gasteiger partial charge in [0, 0.05) is 70.6 Å². The normalized spacial score (nSPS) is 25.7. The molecule has 0 radical (unpaired) electrons. The highest BCUT2D eigenvalue weighted by molar-refractivity contribution is 6.35. The lowest BCUT2D eigenvalue weighted by atomic mass is 9.83. The molecule has 3 aliphatic heterocycles. The van der Waals surface area contributed by atoms with Crippen molar-refractivity contribution in [3.05, 3.63) is 82.5 Å². The molecule has 4 heterocycles. The highest BCUT2D eigenvalue weighted by atomic mass is 35.5. The number of anilines is 1. The van der Waals surface area contributed by atoms with Crippen molar-refractivity contribution in [1.82, 2.24) is 35.9 Å². The molecule has 7 N–H and O–H groups in total. The van der Waals surface area contributed by atoms with Crippen molar-refractivity contribution in [3.63, 3.8) is 0 Å². The number of para-hydroxylation sites is 1. The van der Waals surface area contributed by atoms with Crippen molar-refractivity contribution in [1.29, 1.82) is 0 Å². The molecular formula is C54H75ClN8O13. The maximum Gasteiger partial charge on any atom is 0.409 e. The summed E-state index contributed by atoms with van der Waals surface area (Å²) in [4.78, 5) is 83.3. The lowest BCUT2D eigenvalue weighted by molar-refractivity contribution is -0.162. The van der Waals surface area contributed by atoms with Crippen LogP contribution in [0.2, 0.25) is 5.02 Å². The first kappa shape index (κ1) is 59.2. The van der Waals surface area contributed by atoms with Gasteiger partial charge in [0.05, 0.1) is 38.5 Å². The van der Waals surface area contributed by atoms with Gasteiger partial charge >= 0.3 is 12.1 Å². The second kappa shape index (κ2) is 25.8. The standard InChI is InChI=1S/C54H75ClN8O13/c1-32-16-15-19-43(65)54(72)29-42(74-52(71)59-54)33(2)49-53(4,76-49)44(28-47(68)62(8)40-25-35(24-32)26-41(73-9)48(40)55)75-51(70)34(3)61(7)46(67)20-11-10-14-22-57-50(69)38(31-64)58-45(66)21-23-63-37(30-60(6)56-5)27-36-17-12-13-18-39(36)63/h12-13,15-19,25-27,33-34,38,42-44,49,56,64-65,72H,10-11,14,20-24,28-31H2,1-9H3,(H,57,69)(H,58,66)(H,59,71)/b19-15+,32-16+/t33-,34+,38+,42+,43-,44+,49?,53+,54+/m1/s1. The molecule has 76 heavy (non-hydrogen) atoms.